The van der Waals surface area contributed by atoms with Gasteiger partial charge >= 0.3 is 6.18 Å². The molecule has 7 nitrogen and oxygen atoms in total. The lowest BCUT2D eigenvalue weighted by Crippen LogP contribution is -2.50. The van der Waals surface area contributed by atoms with E-state index < -0.39 is 17.9 Å². The van der Waals surface area contributed by atoms with E-state index in [-0.39, 0.29) is 12.0 Å². The van der Waals surface area contributed by atoms with Crippen LogP contribution >= 0.6 is 0 Å². The van der Waals surface area contributed by atoms with Crippen molar-refractivity contribution in [2.24, 2.45) is 5.92 Å². The van der Waals surface area contributed by atoms with E-state index in [2.05, 4.69) is 39.7 Å². The zero-order chi connectivity index (χ0) is 26.0. The lowest BCUT2D eigenvalue weighted by Gasteiger charge is -2.34. The van der Waals surface area contributed by atoms with Crippen LogP contribution in [-0.4, -0.2) is 50.2 Å². The van der Waals surface area contributed by atoms with Crippen molar-refractivity contribution in [3.63, 3.8) is 0 Å². The molecule has 37 heavy (non-hydrogen) atoms. The van der Waals surface area contributed by atoms with Crippen LogP contribution in [-0.2, 0) is 10.9 Å². The number of allylic oxidation sites excluding steroid dienone is 1. The van der Waals surface area contributed by atoms with E-state index in [0.29, 0.717) is 32.1 Å². The van der Waals surface area contributed by atoms with Crippen molar-refractivity contribution in [2.45, 2.75) is 38.8 Å². The molecule has 1 fully saturated rings. The zero-order valence-electron chi connectivity index (χ0n) is 21.1. The van der Waals surface area contributed by atoms with E-state index in [1.165, 1.54) is 12.3 Å². The Morgan fingerprint density at radius 1 is 1.11 bits per heavy atom. The molecule has 10 heteroatoms. The molecule has 0 spiro atoms. The van der Waals surface area contributed by atoms with Crippen LogP contribution in [0.25, 0.3) is 0 Å². The zero-order valence-corrected chi connectivity index (χ0v) is 21.1. The second kappa shape index (κ2) is 10.6. The lowest BCUT2D eigenvalue weighted by molar-refractivity contribution is -0.137. The van der Waals surface area contributed by atoms with E-state index in [4.69, 9.17) is 4.74 Å². The third kappa shape index (κ3) is 5.70. The lowest BCUT2D eigenvalue weighted by atomic mass is 10.0. The molecular weight excluding hydrogens is 481 g/mol. The SMILES string of the molecule is CC(C)C1NCC2=C(C=CN(c3ncccc3C(F)(F)F)C(Nc3ccc(N4CCOCC4)cc3)C2)N1. The molecule has 4 heterocycles. The van der Waals surface area contributed by atoms with Gasteiger partial charge < -0.3 is 25.2 Å². The highest BCUT2D eigenvalue weighted by Gasteiger charge is 2.38. The first-order valence-corrected chi connectivity index (χ1v) is 12.7. The molecule has 1 saturated heterocycles. The fourth-order valence-electron chi connectivity index (χ4n) is 4.94. The van der Waals surface area contributed by atoms with Crippen LogP contribution in [0.4, 0.5) is 30.4 Å². The summed E-state index contributed by atoms with van der Waals surface area (Å²) in [6.45, 7) is 7.98. The molecule has 0 amide bonds. The third-order valence-corrected chi connectivity index (χ3v) is 6.98. The van der Waals surface area contributed by atoms with Gasteiger partial charge in [0.2, 0.25) is 0 Å². The summed E-state index contributed by atoms with van der Waals surface area (Å²) < 4.78 is 47.3. The van der Waals surface area contributed by atoms with Gasteiger partial charge in [0.25, 0.3) is 0 Å². The minimum Gasteiger partial charge on any atom is -0.378 e. The van der Waals surface area contributed by atoms with E-state index in [0.717, 1.165) is 41.8 Å². The number of alkyl halides is 3. The standard InChI is InChI=1S/C27H33F3N6O/c1-18(2)25-32-17-19-16-24(33-20-5-7-21(8-6-20)35-12-14-37-15-13-35)36(11-9-23(19)34-25)26-22(27(28,29)30)4-3-10-31-26/h3-11,18,24-25,32-34H,12-17H2,1-2H3. The molecule has 1 aromatic carbocycles. The number of hydrogen-bond acceptors (Lipinski definition) is 7. The van der Waals surface area contributed by atoms with Gasteiger partial charge in [-0.3, -0.25) is 5.32 Å². The maximum atomic E-state index is 14.0. The number of nitrogens with zero attached hydrogens (tertiary/aromatic N) is 3. The van der Waals surface area contributed by atoms with Gasteiger partial charge in [0.1, 0.15) is 12.0 Å². The second-order valence-electron chi connectivity index (χ2n) is 9.87. The Morgan fingerprint density at radius 2 is 1.86 bits per heavy atom. The molecule has 198 valence electrons. The van der Waals surface area contributed by atoms with E-state index in [9.17, 15) is 13.2 Å². The number of anilines is 3. The van der Waals surface area contributed by atoms with Gasteiger partial charge in [-0.2, -0.15) is 13.2 Å². The summed E-state index contributed by atoms with van der Waals surface area (Å²) >= 11 is 0. The van der Waals surface area contributed by atoms with Gasteiger partial charge in [-0.05, 0) is 54.0 Å². The Labute approximate surface area is 215 Å². The van der Waals surface area contributed by atoms with E-state index in [1.54, 1.807) is 11.1 Å². The van der Waals surface area contributed by atoms with Crippen molar-refractivity contribution in [1.29, 1.82) is 0 Å². The second-order valence-corrected chi connectivity index (χ2v) is 9.87. The predicted molar refractivity (Wildman–Crippen MR) is 139 cm³/mol. The normalized spacial score (nSPS) is 22.5. The first-order chi connectivity index (χ1) is 17.8. The molecule has 2 atom stereocenters. The molecule has 3 aliphatic rings. The Bertz CT molecular complexity index is 1140. The maximum Gasteiger partial charge on any atom is 0.419 e. The summed E-state index contributed by atoms with van der Waals surface area (Å²) in [4.78, 5) is 8.04. The summed E-state index contributed by atoms with van der Waals surface area (Å²) in [6.07, 6.45) is 0.566. The molecule has 0 bridgehead atoms. The minimum atomic E-state index is -4.52. The Morgan fingerprint density at radius 3 is 2.57 bits per heavy atom. The summed E-state index contributed by atoms with van der Waals surface area (Å²) in [5, 5.41) is 10.5. The minimum absolute atomic E-state index is 0.0923. The number of halogens is 3. The van der Waals surface area contributed by atoms with Gasteiger partial charge in [-0.25, -0.2) is 4.98 Å². The molecule has 0 aliphatic carbocycles. The number of nitrogens with one attached hydrogen (secondary N) is 3. The molecule has 1 aromatic heterocycles. The Kier molecular flexibility index (Phi) is 7.30. The van der Waals surface area contributed by atoms with Crippen molar-refractivity contribution in [1.82, 2.24) is 15.6 Å². The van der Waals surface area contributed by atoms with Crippen molar-refractivity contribution in [3.8, 4) is 0 Å². The summed E-state index contributed by atoms with van der Waals surface area (Å²) in [5.41, 5.74) is 3.20. The molecular formula is C27H33F3N6O. The molecule has 2 aromatic rings. The summed E-state index contributed by atoms with van der Waals surface area (Å²) in [7, 11) is 0. The Balaban J connectivity index is 1.46. The number of rotatable bonds is 5. The molecule has 0 radical (unpaired) electrons. The van der Waals surface area contributed by atoms with Crippen LogP contribution in [0.15, 0.2) is 66.1 Å². The third-order valence-electron chi connectivity index (χ3n) is 6.98. The quantitative estimate of drug-likeness (QED) is 0.542. The highest BCUT2D eigenvalue weighted by Crippen LogP contribution is 2.38. The molecule has 3 N–H and O–H groups in total. The molecule has 2 unspecified atom stereocenters. The van der Waals surface area contributed by atoms with Gasteiger partial charge in [0.05, 0.1) is 24.9 Å². The van der Waals surface area contributed by atoms with Crippen LogP contribution in [0.2, 0.25) is 0 Å². The van der Waals surface area contributed by atoms with Gasteiger partial charge in [-0.1, -0.05) is 13.8 Å². The van der Waals surface area contributed by atoms with Crippen LogP contribution < -0.4 is 25.8 Å². The predicted octanol–water partition coefficient (Wildman–Crippen LogP) is 4.53. The number of ether oxygens (including phenoxy) is 1. The van der Waals surface area contributed by atoms with E-state index >= 15 is 0 Å². The average Bonchev–Trinajstić information content (AvgIpc) is 3.07. The number of morpholine rings is 1. The van der Waals surface area contributed by atoms with Gasteiger partial charge in [-0.15, -0.1) is 0 Å². The molecule has 0 saturated carbocycles. The first-order valence-electron chi connectivity index (χ1n) is 12.7. The first kappa shape index (κ1) is 25.4. The van der Waals surface area contributed by atoms with Crippen molar-refractivity contribution < 1.29 is 17.9 Å². The molecule has 5 rings (SSSR count). The monoisotopic (exact) mass is 514 g/mol. The highest BCUT2D eigenvalue weighted by molar-refractivity contribution is 5.60. The van der Waals surface area contributed by atoms with Crippen LogP contribution in [0, 0.1) is 5.92 Å². The van der Waals surface area contributed by atoms with Crippen LogP contribution in [0.1, 0.15) is 25.8 Å². The summed E-state index contributed by atoms with van der Waals surface area (Å²) in [6, 6.07) is 10.4. The summed E-state index contributed by atoms with van der Waals surface area (Å²) in [5.74, 6) is 0.232. The number of benzene rings is 1. The van der Waals surface area contributed by atoms with Crippen LogP contribution in [0.3, 0.4) is 0 Å². The molecule has 3 aliphatic heterocycles. The fraction of sp³-hybridized carbons (Fsp3) is 0.444. The van der Waals surface area contributed by atoms with Crippen molar-refractivity contribution in [2.75, 3.05) is 48.0 Å². The maximum absolute atomic E-state index is 14.0. The number of aromatic nitrogens is 1. The van der Waals surface area contributed by atoms with Crippen molar-refractivity contribution >= 4 is 17.2 Å². The van der Waals surface area contributed by atoms with Crippen molar-refractivity contribution in [3.05, 3.63) is 71.7 Å². The average molecular weight is 515 g/mol. The number of hydrogen-bond donors (Lipinski definition) is 3. The van der Waals surface area contributed by atoms with Gasteiger partial charge in [0.15, 0.2) is 0 Å². The fourth-order valence-corrected chi connectivity index (χ4v) is 4.94. The number of pyridine rings is 1. The largest absolute Gasteiger partial charge is 0.419 e. The highest BCUT2D eigenvalue weighted by atomic mass is 19.4. The smallest absolute Gasteiger partial charge is 0.378 e. The van der Waals surface area contributed by atoms with Crippen LogP contribution in [0.5, 0.6) is 0 Å². The van der Waals surface area contributed by atoms with Gasteiger partial charge in [0, 0.05) is 55.5 Å². The Hall–Kier alpha value is -3.24. The topological polar surface area (TPSA) is 64.7 Å². The van der Waals surface area contributed by atoms with E-state index in [1.807, 2.05) is 30.3 Å².